The largest absolute Gasteiger partial charge is 0.481 e. The van der Waals surface area contributed by atoms with Crippen LogP contribution in [0.25, 0.3) is 0 Å². The Labute approximate surface area is 153 Å². The van der Waals surface area contributed by atoms with E-state index < -0.39 is 28.9 Å². The molecule has 0 aromatic rings. The van der Waals surface area contributed by atoms with Crippen molar-refractivity contribution < 1.29 is 29.4 Å². The van der Waals surface area contributed by atoms with Crippen molar-refractivity contribution in [3.8, 4) is 0 Å². The molecule has 0 aromatic carbocycles. The van der Waals surface area contributed by atoms with E-state index in [1.807, 2.05) is 0 Å². The van der Waals surface area contributed by atoms with Gasteiger partial charge < -0.3 is 26.6 Å². The minimum Gasteiger partial charge on any atom is -0.481 e. The highest BCUT2D eigenvalue weighted by Crippen LogP contribution is 2.20. The van der Waals surface area contributed by atoms with Gasteiger partial charge in [0.2, 0.25) is 17.7 Å². The number of aliphatic carboxylic acids is 1. The number of carboxylic acid groups (broad SMARTS) is 1. The summed E-state index contributed by atoms with van der Waals surface area (Å²) in [6, 6.07) is 0. The number of primary amides is 1. The van der Waals surface area contributed by atoms with Crippen LogP contribution in [0.3, 0.4) is 0 Å². The van der Waals surface area contributed by atoms with E-state index >= 15 is 0 Å². The van der Waals surface area contributed by atoms with E-state index in [0.717, 1.165) is 0 Å². The Morgan fingerprint density at radius 3 is 1.88 bits per heavy atom. The van der Waals surface area contributed by atoms with Crippen molar-refractivity contribution in [1.29, 1.82) is 0 Å². The van der Waals surface area contributed by atoms with Gasteiger partial charge in [0.25, 0.3) is 0 Å². The van der Waals surface area contributed by atoms with Crippen LogP contribution < -0.4 is 16.4 Å². The van der Waals surface area contributed by atoms with Gasteiger partial charge in [-0.3, -0.25) is 19.2 Å². The van der Waals surface area contributed by atoms with E-state index in [4.69, 9.17) is 15.9 Å². The van der Waals surface area contributed by atoms with Crippen molar-refractivity contribution in [2.24, 2.45) is 5.73 Å². The molecule has 150 valence electrons. The maximum atomic E-state index is 12.1. The summed E-state index contributed by atoms with van der Waals surface area (Å²) in [7, 11) is 0. The minimum atomic E-state index is -1.08. The van der Waals surface area contributed by atoms with Crippen molar-refractivity contribution in [3.63, 3.8) is 0 Å². The van der Waals surface area contributed by atoms with Gasteiger partial charge in [0.05, 0.1) is 6.42 Å². The van der Waals surface area contributed by atoms with Crippen LogP contribution in [0.1, 0.15) is 65.7 Å². The molecule has 0 heterocycles. The first-order valence-electron chi connectivity index (χ1n) is 8.62. The molecule has 3 amide bonds. The summed E-state index contributed by atoms with van der Waals surface area (Å²) in [4.78, 5) is 45.7. The third kappa shape index (κ3) is 11.4. The molecule has 0 saturated heterocycles. The minimum absolute atomic E-state index is 0.0351. The van der Waals surface area contributed by atoms with Crippen molar-refractivity contribution in [2.75, 3.05) is 6.61 Å². The molecule has 0 rings (SSSR count). The first kappa shape index (κ1) is 23.8. The number of aliphatic hydroxyl groups is 1. The second-order valence-corrected chi connectivity index (χ2v) is 7.37. The number of amides is 3. The normalized spacial score (nSPS) is 13.5. The molecule has 0 bridgehead atoms. The Morgan fingerprint density at radius 1 is 0.846 bits per heavy atom. The lowest BCUT2D eigenvalue weighted by Gasteiger charge is -2.32. The van der Waals surface area contributed by atoms with E-state index in [1.54, 1.807) is 20.8 Å². The van der Waals surface area contributed by atoms with Gasteiger partial charge in [-0.05, 0) is 40.0 Å². The molecule has 26 heavy (non-hydrogen) atoms. The van der Waals surface area contributed by atoms with Gasteiger partial charge in [-0.15, -0.1) is 0 Å². The summed E-state index contributed by atoms with van der Waals surface area (Å²) in [5, 5.41) is 23.2. The number of aliphatic hydroxyl groups excluding tert-OH is 1. The van der Waals surface area contributed by atoms with Gasteiger partial charge >= 0.3 is 5.97 Å². The third-order valence-electron chi connectivity index (χ3n) is 4.05. The number of carbonyl (C=O) groups is 4. The number of nitrogens with two attached hydrogens (primary N) is 1. The predicted octanol–water partition coefficient (Wildman–Crippen LogP) is 0.0490. The first-order chi connectivity index (χ1) is 11.9. The van der Waals surface area contributed by atoms with E-state index in [1.165, 1.54) is 0 Å². The zero-order valence-electron chi connectivity index (χ0n) is 15.8. The summed E-state index contributed by atoms with van der Waals surface area (Å²) in [6.07, 6.45) is 0.569. The summed E-state index contributed by atoms with van der Waals surface area (Å²) in [5.74, 6) is -2.30. The van der Waals surface area contributed by atoms with Crippen LogP contribution in [-0.4, -0.2) is 51.6 Å². The number of hydrogen-bond donors (Lipinski definition) is 5. The fraction of sp³-hybridized carbons (Fsp3) is 0.765. The van der Waals surface area contributed by atoms with Crippen LogP contribution in [0, 0.1) is 0 Å². The molecule has 0 aromatic heterocycles. The highest BCUT2D eigenvalue weighted by Gasteiger charge is 2.29. The van der Waals surface area contributed by atoms with Gasteiger partial charge in [0.1, 0.15) is 0 Å². The molecule has 1 atom stereocenters. The maximum absolute atomic E-state index is 12.1. The number of rotatable bonds is 13. The quantitative estimate of drug-likeness (QED) is 0.307. The number of hydrogen-bond acceptors (Lipinski definition) is 5. The smallest absolute Gasteiger partial charge is 0.303 e. The zero-order chi connectivity index (χ0) is 20.4. The maximum Gasteiger partial charge on any atom is 0.303 e. The molecular formula is C17H31N3O6. The van der Waals surface area contributed by atoms with Gasteiger partial charge in [-0.2, -0.15) is 0 Å². The predicted molar refractivity (Wildman–Crippen MR) is 95.0 cm³/mol. The van der Waals surface area contributed by atoms with Crippen LogP contribution >= 0.6 is 0 Å². The lowest BCUT2D eigenvalue weighted by molar-refractivity contribution is -0.139. The molecule has 0 aliphatic carbocycles. The molecule has 0 fully saturated rings. The SMILES string of the molecule is CC(C)(CCO)NC(=O)CCC(C)(CCC(N)=O)NC(=O)CCC(=O)O. The van der Waals surface area contributed by atoms with Gasteiger partial charge in [-0.25, -0.2) is 0 Å². The third-order valence-corrected chi connectivity index (χ3v) is 4.05. The Kier molecular flexibility index (Phi) is 9.85. The van der Waals surface area contributed by atoms with Gasteiger partial charge in [0.15, 0.2) is 0 Å². The molecule has 0 aliphatic rings. The van der Waals surface area contributed by atoms with Gasteiger partial charge in [0, 0.05) is 36.9 Å². The van der Waals surface area contributed by atoms with Crippen molar-refractivity contribution >= 4 is 23.7 Å². The summed E-state index contributed by atoms with van der Waals surface area (Å²) >= 11 is 0. The molecule has 0 radical (unpaired) electrons. The number of carboxylic acids is 1. The van der Waals surface area contributed by atoms with E-state index in [0.29, 0.717) is 6.42 Å². The molecule has 0 spiro atoms. The van der Waals surface area contributed by atoms with E-state index in [-0.39, 0.29) is 51.0 Å². The Hall–Kier alpha value is -2.16. The Morgan fingerprint density at radius 2 is 1.38 bits per heavy atom. The summed E-state index contributed by atoms with van der Waals surface area (Å²) < 4.78 is 0. The molecule has 6 N–H and O–H groups in total. The van der Waals surface area contributed by atoms with Crippen molar-refractivity contribution in [1.82, 2.24) is 10.6 Å². The van der Waals surface area contributed by atoms with Crippen molar-refractivity contribution in [3.05, 3.63) is 0 Å². The summed E-state index contributed by atoms with van der Waals surface area (Å²) in [5.41, 5.74) is 3.76. The topological polar surface area (TPSA) is 159 Å². The van der Waals surface area contributed by atoms with Crippen LogP contribution in [0.4, 0.5) is 0 Å². The molecule has 9 nitrogen and oxygen atoms in total. The fourth-order valence-corrected chi connectivity index (χ4v) is 2.44. The molecule has 1 unspecified atom stereocenters. The first-order valence-corrected chi connectivity index (χ1v) is 8.62. The number of nitrogens with one attached hydrogen (secondary N) is 2. The second kappa shape index (κ2) is 10.7. The van der Waals surface area contributed by atoms with Crippen LogP contribution in [0.2, 0.25) is 0 Å². The van der Waals surface area contributed by atoms with Gasteiger partial charge in [-0.1, -0.05) is 0 Å². The van der Waals surface area contributed by atoms with Crippen LogP contribution in [0.5, 0.6) is 0 Å². The highest BCUT2D eigenvalue weighted by atomic mass is 16.4. The summed E-state index contributed by atoms with van der Waals surface area (Å²) in [6.45, 7) is 5.23. The molecule has 0 saturated carbocycles. The Bertz CT molecular complexity index is 521. The van der Waals surface area contributed by atoms with E-state index in [9.17, 15) is 19.2 Å². The molecule has 0 aliphatic heterocycles. The average Bonchev–Trinajstić information content (AvgIpc) is 2.49. The Balaban J connectivity index is 4.80. The van der Waals surface area contributed by atoms with Crippen molar-refractivity contribution in [2.45, 2.75) is 76.8 Å². The standard InChI is InChI=1S/C17H31N3O6/c1-16(2,10-11-21)19-14(24)7-9-17(3,8-6-12(18)22)20-13(23)4-5-15(25)26/h21H,4-11H2,1-3H3,(H2,18,22)(H,19,24)(H,20,23)(H,25,26). The lowest BCUT2D eigenvalue weighted by Crippen LogP contribution is -2.49. The van der Waals surface area contributed by atoms with Crippen LogP contribution in [0.15, 0.2) is 0 Å². The fourth-order valence-electron chi connectivity index (χ4n) is 2.44. The lowest BCUT2D eigenvalue weighted by atomic mass is 9.89. The van der Waals surface area contributed by atoms with E-state index in [2.05, 4.69) is 10.6 Å². The second-order valence-electron chi connectivity index (χ2n) is 7.37. The molecular weight excluding hydrogens is 342 g/mol. The zero-order valence-corrected chi connectivity index (χ0v) is 15.8. The average molecular weight is 373 g/mol. The monoisotopic (exact) mass is 373 g/mol. The number of carbonyl (C=O) groups excluding carboxylic acids is 3. The highest BCUT2D eigenvalue weighted by molar-refractivity contribution is 5.81. The molecule has 9 heteroatoms. The van der Waals surface area contributed by atoms with Crippen LogP contribution in [-0.2, 0) is 19.2 Å².